The number of amides is 1. The summed E-state index contributed by atoms with van der Waals surface area (Å²) in [6, 6.07) is 16.3. The van der Waals surface area contributed by atoms with Crippen molar-refractivity contribution in [3.05, 3.63) is 64.7 Å². The van der Waals surface area contributed by atoms with Crippen LogP contribution in [-0.4, -0.2) is 42.4 Å². The van der Waals surface area contributed by atoms with E-state index in [1.165, 1.54) is 24.0 Å². The molecule has 1 saturated carbocycles. The molecule has 2 aromatic rings. The van der Waals surface area contributed by atoms with E-state index in [0.29, 0.717) is 12.5 Å². The van der Waals surface area contributed by atoms with E-state index in [1.807, 2.05) is 30.3 Å². The molecular weight excluding hydrogens is 416 g/mol. The van der Waals surface area contributed by atoms with Crippen molar-refractivity contribution in [2.75, 3.05) is 24.5 Å². The summed E-state index contributed by atoms with van der Waals surface area (Å²) in [5.74, 6) is 0.712. The lowest BCUT2D eigenvalue weighted by Gasteiger charge is -2.37. The van der Waals surface area contributed by atoms with Gasteiger partial charge in [0.25, 0.3) is 0 Å². The Hall–Kier alpha value is -2.66. The van der Waals surface area contributed by atoms with Crippen molar-refractivity contribution in [1.82, 2.24) is 4.90 Å². The van der Waals surface area contributed by atoms with Crippen molar-refractivity contribution in [2.24, 2.45) is 0 Å². The molecule has 3 aliphatic rings. The van der Waals surface area contributed by atoms with E-state index in [2.05, 4.69) is 23.1 Å². The van der Waals surface area contributed by atoms with E-state index < -0.39 is 0 Å². The Morgan fingerprint density at radius 1 is 1.06 bits per heavy atom. The zero-order valence-electron chi connectivity index (χ0n) is 17.3. The van der Waals surface area contributed by atoms with Gasteiger partial charge in [-0.05, 0) is 54.2 Å². The molecule has 0 bridgehead atoms. The summed E-state index contributed by atoms with van der Waals surface area (Å²) < 4.78 is 5.87. The van der Waals surface area contributed by atoms with Gasteiger partial charge in [-0.25, -0.2) is 4.79 Å². The van der Waals surface area contributed by atoms with Crippen molar-refractivity contribution in [3.63, 3.8) is 0 Å². The first kappa shape index (κ1) is 21.6. The first-order chi connectivity index (χ1) is 15.0. The van der Waals surface area contributed by atoms with Crippen LogP contribution in [0, 0.1) is 0 Å². The van der Waals surface area contributed by atoms with E-state index in [4.69, 9.17) is 25.9 Å². The van der Waals surface area contributed by atoms with E-state index >= 15 is 0 Å². The molecule has 162 valence electrons. The SMILES string of the molecule is O=C1OC2(CCN(Cc3cc(Cl)cc(C4CC4)c3)CC2)CN1c1ccccc1.O=C=O. The predicted octanol–water partition coefficient (Wildman–Crippen LogP) is 4.63. The first-order valence-corrected chi connectivity index (χ1v) is 11.0. The Morgan fingerprint density at radius 3 is 2.39 bits per heavy atom. The number of halogens is 1. The highest BCUT2D eigenvalue weighted by Gasteiger charge is 2.47. The molecule has 1 aliphatic carbocycles. The lowest BCUT2D eigenvalue weighted by atomic mass is 9.91. The number of hydrogen-bond acceptors (Lipinski definition) is 5. The molecule has 1 spiro atoms. The van der Waals surface area contributed by atoms with Crippen LogP contribution in [0.25, 0.3) is 0 Å². The number of nitrogens with zero attached hydrogens (tertiary/aromatic N) is 2. The summed E-state index contributed by atoms with van der Waals surface area (Å²) in [7, 11) is 0. The minimum Gasteiger partial charge on any atom is -0.441 e. The monoisotopic (exact) mass is 440 g/mol. The Morgan fingerprint density at radius 2 is 1.74 bits per heavy atom. The van der Waals surface area contributed by atoms with Crippen molar-refractivity contribution >= 4 is 29.5 Å². The van der Waals surface area contributed by atoms with Gasteiger partial charge in [0.05, 0.1) is 6.54 Å². The van der Waals surface area contributed by atoms with E-state index in [1.54, 1.807) is 4.90 Å². The average Bonchev–Trinajstić information content (AvgIpc) is 3.55. The number of hydrogen-bond donors (Lipinski definition) is 0. The van der Waals surface area contributed by atoms with Crippen LogP contribution in [0.1, 0.15) is 42.7 Å². The largest absolute Gasteiger partial charge is 0.441 e. The molecule has 5 rings (SSSR count). The summed E-state index contributed by atoms with van der Waals surface area (Å²) in [4.78, 5) is 32.9. The van der Waals surface area contributed by atoms with Gasteiger partial charge < -0.3 is 4.74 Å². The maximum Gasteiger partial charge on any atom is 0.415 e. The zero-order valence-corrected chi connectivity index (χ0v) is 18.0. The highest BCUT2D eigenvalue weighted by atomic mass is 35.5. The van der Waals surface area contributed by atoms with Gasteiger partial charge in [-0.15, -0.1) is 0 Å². The summed E-state index contributed by atoms with van der Waals surface area (Å²) in [5.41, 5.74) is 3.24. The number of anilines is 1. The Labute approximate surface area is 186 Å². The van der Waals surface area contributed by atoms with Crippen LogP contribution >= 0.6 is 11.6 Å². The topological polar surface area (TPSA) is 66.9 Å². The van der Waals surface area contributed by atoms with Gasteiger partial charge in [0, 0.05) is 43.2 Å². The van der Waals surface area contributed by atoms with E-state index in [0.717, 1.165) is 43.2 Å². The predicted molar refractivity (Wildman–Crippen MR) is 116 cm³/mol. The second-order valence-electron chi connectivity index (χ2n) is 8.50. The van der Waals surface area contributed by atoms with E-state index in [-0.39, 0.29) is 17.8 Å². The fraction of sp³-hybridized carbons (Fsp3) is 0.417. The second kappa shape index (κ2) is 9.23. The maximum atomic E-state index is 12.4. The highest BCUT2D eigenvalue weighted by Crippen LogP contribution is 2.41. The van der Waals surface area contributed by atoms with Crippen LogP contribution in [0.3, 0.4) is 0 Å². The number of rotatable bonds is 4. The van der Waals surface area contributed by atoms with Gasteiger partial charge in [0.15, 0.2) is 0 Å². The number of benzene rings is 2. The Bertz CT molecular complexity index is 963. The Balaban J connectivity index is 0.000000730. The molecule has 0 aromatic heterocycles. The smallest absolute Gasteiger partial charge is 0.415 e. The number of para-hydroxylation sites is 1. The molecule has 0 radical (unpaired) electrons. The normalized spacial score (nSPS) is 20.0. The third kappa shape index (κ3) is 5.16. The summed E-state index contributed by atoms with van der Waals surface area (Å²) >= 11 is 6.35. The third-order valence-electron chi connectivity index (χ3n) is 6.24. The summed E-state index contributed by atoms with van der Waals surface area (Å²) in [5, 5.41) is 0.844. The minimum absolute atomic E-state index is 0.219. The van der Waals surface area contributed by atoms with Crippen LogP contribution in [-0.2, 0) is 20.9 Å². The van der Waals surface area contributed by atoms with Gasteiger partial charge in [0.2, 0.25) is 0 Å². The lowest BCUT2D eigenvalue weighted by Crippen LogP contribution is -2.46. The molecule has 0 unspecified atom stereocenters. The lowest BCUT2D eigenvalue weighted by molar-refractivity contribution is -0.191. The molecule has 7 heteroatoms. The molecule has 0 N–H and O–H groups in total. The fourth-order valence-electron chi connectivity index (χ4n) is 4.49. The molecule has 6 nitrogen and oxygen atoms in total. The van der Waals surface area contributed by atoms with Gasteiger partial charge in [-0.2, -0.15) is 9.59 Å². The number of likely N-dealkylation sites (tertiary alicyclic amines) is 1. The number of ether oxygens (including phenoxy) is 1. The molecule has 2 heterocycles. The van der Waals surface area contributed by atoms with Crippen molar-refractivity contribution < 1.29 is 19.1 Å². The van der Waals surface area contributed by atoms with Crippen molar-refractivity contribution in [1.29, 1.82) is 0 Å². The number of piperidine rings is 1. The maximum absolute atomic E-state index is 12.4. The van der Waals surface area contributed by atoms with Crippen molar-refractivity contribution in [3.8, 4) is 0 Å². The minimum atomic E-state index is -0.350. The molecule has 31 heavy (non-hydrogen) atoms. The molecule has 2 aromatic carbocycles. The Kier molecular flexibility index (Phi) is 6.42. The van der Waals surface area contributed by atoms with Gasteiger partial charge in [-0.1, -0.05) is 35.9 Å². The first-order valence-electron chi connectivity index (χ1n) is 10.6. The summed E-state index contributed by atoms with van der Waals surface area (Å²) in [6.07, 6.45) is 4.35. The van der Waals surface area contributed by atoms with Crippen LogP contribution in [0.2, 0.25) is 5.02 Å². The highest BCUT2D eigenvalue weighted by molar-refractivity contribution is 6.30. The molecule has 2 saturated heterocycles. The standard InChI is InChI=1S/C23H25ClN2O2.CO2/c24-20-13-17(12-19(14-20)18-6-7-18)15-25-10-8-23(9-11-25)16-26(22(27)28-23)21-4-2-1-3-5-21;2-1-3/h1-5,12-14,18H,6-11,15-16H2;. The second-order valence-corrected chi connectivity index (χ2v) is 8.94. The quantitative estimate of drug-likeness (QED) is 0.693. The van der Waals surface area contributed by atoms with E-state index in [9.17, 15) is 4.79 Å². The van der Waals surface area contributed by atoms with Gasteiger partial charge >= 0.3 is 12.2 Å². The zero-order chi connectivity index (χ0) is 21.8. The number of carbonyl (C=O) groups excluding carboxylic acids is 3. The third-order valence-corrected chi connectivity index (χ3v) is 6.46. The summed E-state index contributed by atoms with van der Waals surface area (Å²) in [6.45, 7) is 3.42. The molecule has 2 aliphatic heterocycles. The van der Waals surface area contributed by atoms with Crippen LogP contribution in [0.15, 0.2) is 48.5 Å². The molecular formula is C24H25ClN2O4. The van der Waals surface area contributed by atoms with Crippen LogP contribution in [0.4, 0.5) is 10.5 Å². The van der Waals surface area contributed by atoms with Crippen LogP contribution in [0.5, 0.6) is 0 Å². The fourth-order valence-corrected chi connectivity index (χ4v) is 4.75. The molecule has 0 atom stereocenters. The number of carbonyl (C=O) groups is 1. The molecule has 1 amide bonds. The molecule has 3 fully saturated rings. The van der Waals surface area contributed by atoms with Gasteiger partial charge in [-0.3, -0.25) is 9.80 Å². The van der Waals surface area contributed by atoms with Crippen LogP contribution < -0.4 is 4.90 Å². The average molecular weight is 441 g/mol. The van der Waals surface area contributed by atoms with Crippen molar-refractivity contribution in [2.45, 2.75) is 43.7 Å². The van der Waals surface area contributed by atoms with Gasteiger partial charge in [0.1, 0.15) is 5.60 Å².